The summed E-state index contributed by atoms with van der Waals surface area (Å²) in [7, 11) is 0. The quantitative estimate of drug-likeness (QED) is 0.568. The molecule has 0 aliphatic carbocycles. The molecule has 0 spiro atoms. The number of esters is 1. The molecule has 4 nitrogen and oxygen atoms in total. The molecule has 0 aromatic rings. The second-order valence-electron chi connectivity index (χ2n) is 2.71. The van der Waals surface area contributed by atoms with Crippen LogP contribution in [0, 0.1) is 11.3 Å². The second kappa shape index (κ2) is 4.07. The van der Waals surface area contributed by atoms with E-state index in [4.69, 9.17) is 14.7 Å². The molecular weight excluding hydrogens is 158 g/mol. The van der Waals surface area contributed by atoms with E-state index in [1.54, 1.807) is 0 Å². The zero-order chi connectivity index (χ0) is 8.97. The highest BCUT2D eigenvalue weighted by molar-refractivity contribution is 5.75. The molecule has 0 saturated carbocycles. The van der Waals surface area contributed by atoms with E-state index in [0.29, 0.717) is 13.0 Å². The fourth-order valence-corrected chi connectivity index (χ4v) is 1.04. The van der Waals surface area contributed by atoms with Crippen LogP contribution in [-0.2, 0) is 14.3 Å². The van der Waals surface area contributed by atoms with Crippen molar-refractivity contribution in [3.63, 3.8) is 0 Å². The number of ether oxygens (including phenoxy) is 2. The van der Waals surface area contributed by atoms with Gasteiger partial charge >= 0.3 is 5.97 Å². The molecule has 0 aromatic heterocycles. The van der Waals surface area contributed by atoms with Crippen LogP contribution in [-0.4, -0.2) is 24.8 Å². The standard InChI is InChI=1S/C8H11NO3/c1-6(5-9)12-8(10)7-3-2-4-11-7/h6-7H,2-4H2,1H3. The monoisotopic (exact) mass is 169 g/mol. The average molecular weight is 169 g/mol. The number of nitrogens with zero attached hydrogens (tertiary/aromatic N) is 1. The van der Waals surface area contributed by atoms with Gasteiger partial charge in [-0.3, -0.25) is 0 Å². The van der Waals surface area contributed by atoms with Crippen molar-refractivity contribution in [3.05, 3.63) is 0 Å². The van der Waals surface area contributed by atoms with E-state index >= 15 is 0 Å². The Morgan fingerprint density at radius 3 is 3.08 bits per heavy atom. The molecule has 1 fully saturated rings. The van der Waals surface area contributed by atoms with E-state index in [1.165, 1.54) is 6.92 Å². The fraction of sp³-hybridized carbons (Fsp3) is 0.750. The smallest absolute Gasteiger partial charge is 0.336 e. The molecule has 0 aromatic carbocycles. The minimum Gasteiger partial charge on any atom is -0.445 e. The van der Waals surface area contributed by atoms with Gasteiger partial charge in [0, 0.05) is 6.61 Å². The van der Waals surface area contributed by atoms with Gasteiger partial charge in [-0.1, -0.05) is 0 Å². The zero-order valence-electron chi connectivity index (χ0n) is 6.95. The Labute approximate surface area is 71.1 Å². The molecule has 0 radical (unpaired) electrons. The Morgan fingerprint density at radius 1 is 1.83 bits per heavy atom. The number of hydrogen-bond acceptors (Lipinski definition) is 4. The topological polar surface area (TPSA) is 59.3 Å². The van der Waals surface area contributed by atoms with Gasteiger partial charge < -0.3 is 9.47 Å². The minimum atomic E-state index is -0.679. The molecule has 2 unspecified atom stereocenters. The Balaban J connectivity index is 2.33. The molecule has 0 N–H and O–H groups in total. The summed E-state index contributed by atoms with van der Waals surface area (Å²) < 4.78 is 9.83. The SMILES string of the molecule is CC(C#N)OC(=O)C1CCCO1. The van der Waals surface area contributed by atoms with Crippen molar-refractivity contribution >= 4 is 5.97 Å². The third-order valence-corrected chi connectivity index (χ3v) is 1.67. The third kappa shape index (κ3) is 2.21. The maximum atomic E-state index is 11.1. The van der Waals surface area contributed by atoms with E-state index in [1.807, 2.05) is 6.07 Å². The number of nitriles is 1. The van der Waals surface area contributed by atoms with Crippen molar-refractivity contribution in [3.8, 4) is 6.07 Å². The molecule has 1 saturated heterocycles. The second-order valence-corrected chi connectivity index (χ2v) is 2.71. The van der Waals surface area contributed by atoms with Gasteiger partial charge in [-0.2, -0.15) is 5.26 Å². The van der Waals surface area contributed by atoms with Crippen LogP contribution in [0.15, 0.2) is 0 Å². The summed E-state index contributed by atoms with van der Waals surface area (Å²) in [5, 5.41) is 8.36. The Hall–Kier alpha value is -1.08. The molecule has 1 rings (SSSR count). The van der Waals surface area contributed by atoms with Gasteiger partial charge in [-0.05, 0) is 19.8 Å². The third-order valence-electron chi connectivity index (χ3n) is 1.67. The maximum absolute atomic E-state index is 11.1. The van der Waals surface area contributed by atoms with Crippen LogP contribution >= 0.6 is 0 Å². The minimum absolute atomic E-state index is 0.415. The lowest BCUT2D eigenvalue weighted by atomic mass is 10.2. The molecule has 66 valence electrons. The van der Waals surface area contributed by atoms with Gasteiger partial charge in [0.25, 0.3) is 0 Å². The highest BCUT2D eigenvalue weighted by atomic mass is 16.6. The molecule has 0 amide bonds. The molecule has 1 aliphatic rings. The first-order valence-corrected chi connectivity index (χ1v) is 3.95. The largest absolute Gasteiger partial charge is 0.445 e. The molecular formula is C8H11NO3. The molecule has 1 aliphatic heterocycles. The van der Waals surface area contributed by atoms with Crippen molar-refractivity contribution in [1.29, 1.82) is 5.26 Å². The summed E-state index contributed by atoms with van der Waals surface area (Å²) in [6, 6.07) is 1.82. The van der Waals surface area contributed by atoms with Crippen LogP contribution < -0.4 is 0 Å². The predicted octanol–water partition coefficient (Wildman–Crippen LogP) is 0.621. The van der Waals surface area contributed by atoms with Gasteiger partial charge in [0.1, 0.15) is 6.07 Å². The summed E-state index contributed by atoms with van der Waals surface area (Å²) in [5.41, 5.74) is 0. The lowest BCUT2D eigenvalue weighted by molar-refractivity contribution is -0.156. The average Bonchev–Trinajstić information content (AvgIpc) is 2.56. The summed E-state index contributed by atoms with van der Waals surface area (Å²) in [5.74, 6) is -0.415. The zero-order valence-corrected chi connectivity index (χ0v) is 6.95. The summed E-state index contributed by atoms with van der Waals surface area (Å²) in [6.07, 6.45) is 0.472. The van der Waals surface area contributed by atoms with Gasteiger partial charge in [0.15, 0.2) is 12.2 Å². The van der Waals surface area contributed by atoms with Gasteiger partial charge in [0.05, 0.1) is 0 Å². The van der Waals surface area contributed by atoms with E-state index in [0.717, 1.165) is 6.42 Å². The first kappa shape index (κ1) is 9.01. The highest BCUT2D eigenvalue weighted by Gasteiger charge is 2.26. The number of rotatable bonds is 2. The van der Waals surface area contributed by atoms with E-state index in [-0.39, 0.29) is 0 Å². The lowest BCUT2D eigenvalue weighted by Gasteiger charge is -2.10. The van der Waals surface area contributed by atoms with Crippen LogP contribution in [0.1, 0.15) is 19.8 Å². The first-order valence-electron chi connectivity index (χ1n) is 3.95. The molecule has 4 heteroatoms. The predicted molar refractivity (Wildman–Crippen MR) is 40.1 cm³/mol. The van der Waals surface area contributed by atoms with Crippen LogP contribution in [0.3, 0.4) is 0 Å². The van der Waals surface area contributed by atoms with Crippen LogP contribution in [0.4, 0.5) is 0 Å². The van der Waals surface area contributed by atoms with Crippen molar-refractivity contribution in [1.82, 2.24) is 0 Å². The van der Waals surface area contributed by atoms with Crippen LogP contribution in [0.2, 0.25) is 0 Å². The molecule has 2 atom stereocenters. The lowest BCUT2D eigenvalue weighted by Crippen LogP contribution is -2.25. The van der Waals surface area contributed by atoms with Crippen molar-refractivity contribution in [2.45, 2.75) is 32.0 Å². The Morgan fingerprint density at radius 2 is 2.58 bits per heavy atom. The maximum Gasteiger partial charge on any atom is 0.336 e. The molecule has 12 heavy (non-hydrogen) atoms. The first-order chi connectivity index (χ1) is 5.74. The Kier molecular flexibility index (Phi) is 3.06. The normalized spacial score (nSPS) is 24.5. The molecule has 1 heterocycles. The number of hydrogen-bond donors (Lipinski definition) is 0. The van der Waals surface area contributed by atoms with Crippen LogP contribution in [0.5, 0.6) is 0 Å². The van der Waals surface area contributed by atoms with Crippen LogP contribution in [0.25, 0.3) is 0 Å². The van der Waals surface area contributed by atoms with E-state index in [9.17, 15) is 4.79 Å². The van der Waals surface area contributed by atoms with Gasteiger partial charge in [-0.15, -0.1) is 0 Å². The number of carbonyl (C=O) groups is 1. The van der Waals surface area contributed by atoms with Crippen molar-refractivity contribution in [2.24, 2.45) is 0 Å². The fourth-order valence-electron chi connectivity index (χ4n) is 1.04. The van der Waals surface area contributed by atoms with E-state index in [2.05, 4.69) is 0 Å². The van der Waals surface area contributed by atoms with Crippen molar-refractivity contribution < 1.29 is 14.3 Å². The highest BCUT2D eigenvalue weighted by Crippen LogP contribution is 2.13. The Bertz CT molecular complexity index is 203. The van der Waals surface area contributed by atoms with Gasteiger partial charge in [0.2, 0.25) is 0 Å². The van der Waals surface area contributed by atoms with Gasteiger partial charge in [-0.25, -0.2) is 4.79 Å². The molecule has 0 bridgehead atoms. The summed E-state index contributed by atoms with van der Waals surface area (Å²) in [6.45, 7) is 2.15. The summed E-state index contributed by atoms with van der Waals surface area (Å²) in [4.78, 5) is 11.1. The van der Waals surface area contributed by atoms with E-state index < -0.39 is 18.2 Å². The van der Waals surface area contributed by atoms with Crippen molar-refractivity contribution in [2.75, 3.05) is 6.61 Å². The summed E-state index contributed by atoms with van der Waals surface area (Å²) >= 11 is 0. The number of carbonyl (C=O) groups excluding carboxylic acids is 1.